The van der Waals surface area contributed by atoms with Crippen LogP contribution in [0.4, 0.5) is 5.69 Å². The van der Waals surface area contributed by atoms with Gasteiger partial charge in [-0.2, -0.15) is 5.10 Å². The SMILES string of the molecule is C/C(=N/NC(=S)Nc1ccccc1)c1ccccc1O. The first-order valence-corrected chi connectivity index (χ1v) is 6.52. The zero-order valence-electron chi connectivity index (χ0n) is 11.0. The molecule has 0 saturated carbocycles. The van der Waals surface area contributed by atoms with Gasteiger partial charge in [-0.25, -0.2) is 0 Å². The second kappa shape index (κ2) is 6.68. The highest BCUT2D eigenvalue weighted by atomic mass is 32.1. The van der Waals surface area contributed by atoms with Crippen LogP contribution in [0.3, 0.4) is 0 Å². The van der Waals surface area contributed by atoms with Crippen LogP contribution in [-0.4, -0.2) is 15.9 Å². The van der Waals surface area contributed by atoms with Crippen LogP contribution in [0.5, 0.6) is 5.75 Å². The van der Waals surface area contributed by atoms with Crippen LogP contribution in [0, 0.1) is 0 Å². The molecule has 2 aromatic rings. The van der Waals surface area contributed by atoms with Gasteiger partial charge < -0.3 is 10.4 Å². The van der Waals surface area contributed by atoms with Crippen molar-refractivity contribution in [1.82, 2.24) is 5.43 Å². The predicted octanol–water partition coefficient (Wildman–Crippen LogP) is 3.10. The molecule has 0 bridgehead atoms. The van der Waals surface area contributed by atoms with Gasteiger partial charge in [-0.15, -0.1) is 0 Å². The Morgan fingerprint density at radius 3 is 2.40 bits per heavy atom. The fourth-order valence-corrected chi connectivity index (χ4v) is 1.82. The second-order valence-electron chi connectivity index (χ2n) is 4.15. The van der Waals surface area contributed by atoms with E-state index in [1.165, 1.54) is 0 Å². The molecule has 0 aromatic heterocycles. The number of nitrogens with one attached hydrogen (secondary N) is 2. The zero-order valence-corrected chi connectivity index (χ0v) is 11.8. The van der Waals surface area contributed by atoms with Gasteiger partial charge in [0.1, 0.15) is 5.75 Å². The minimum absolute atomic E-state index is 0.192. The maximum absolute atomic E-state index is 9.72. The number of benzene rings is 2. The summed E-state index contributed by atoms with van der Waals surface area (Å²) >= 11 is 5.15. The zero-order chi connectivity index (χ0) is 14.4. The molecule has 4 nitrogen and oxygen atoms in total. The van der Waals surface area contributed by atoms with E-state index in [-0.39, 0.29) is 5.75 Å². The van der Waals surface area contributed by atoms with E-state index in [1.54, 1.807) is 25.1 Å². The largest absolute Gasteiger partial charge is 0.507 e. The Morgan fingerprint density at radius 2 is 1.70 bits per heavy atom. The number of thiocarbonyl (C=S) groups is 1. The molecule has 0 fully saturated rings. The van der Waals surface area contributed by atoms with E-state index in [0.29, 0.717) is 16.4 Å². The van der Waals surface area contributed by atoms with Crippen LogP contribution < -0.4 is 10.7 Å². The van der Waals surface area contributed by atoms with E-state index >= 15 is 0 Å². The van der Waals surface area contributed by atoms with E-state index in [0.717, 1.165) is 5.69 Å². The standard InChI is InChI=1S/C15H15N3OS/c1-11(13-9-5-6-10-14(13)19)17-18-15(20)16-12-7-3-2-4-8-12/h2-10,19H,1H3,(H2,16,18,20)/b17-11-. The van der Waals surface area contributed by atoms with Crippen LogP contribution in [-0.2, 0) is 0 Å². The summed E-state index contributed by atoms with van der Waals surface area (Å²) in [4.78, 5) is 0. The summed E-state index contributed by atoms with van der Waals surface area (Å²) < 4.78 is 0. The second-order valence-corrected chi connectivity index (χ2v) is 4.55. The van der Waals surface area contributed by atoms with Crippen molar-refractivity contribution in [3.8, 4) is 5.75 Å². The molecule has 0 radical (unpaired) electrons. The van der Waals surface area contributed by atoms with Crippen molar-refractivity contribution in [2.45, 2.75) is 6.92 Å². The lowest BCUT2D eigenvalue weighted by atomic mass is 10.1. The number of aromatic hydroxyl groups is 1. The lowest BCUT2D eigenvalue weighted by molar-refractivity contribution is 0.474. The maximum Gasteiger partial charge on any atom is 0.191 e. The number of rotatable bonds is 3. The summed E-state index contributed by atoms with van der Waals surface area (Å²) in [7, 11) is 0. The van der Waals surface area contributed by atoms with Gasteiger partial charge in [0.05, 0.1) is 5.71 Å². The quantitative estimate of drug-likeness (QED) is 0.461. The molecule has 20 heavy (non-hydrogen) atoms. The summed E-state index contributed by atoms with van der Waals surface area (Å²) in [5.74, 6) is 0.192. The number of nitrogens with zero attached hydrogens (tertiary/aromatic N) is 1. The van der Waals surface area contributed by atoms with Crippen molar-refractivity contribution >= 4 is 28.7 Å². The first-order valence-electron chi connectivity index (χ1n) is 6.11. The van der Waals surface area contributed by atoms with E-state index < -0.39 is 0 Å². The van der Waals surface area contributed by atoms with Gasteiger partial charge in [0.2, 0.25) is 0 Å². The van der Waals surface area contributed by atoms with Crippen LogP contribution in [0.15, 0.2) is 59.7 Å². The average Bonchev–Trinajstić information content (AvgIpc) is 2.46. The summed E-state index contributed by atoms with van der Waals surface area (Å²) in [6.07, 6.45) is 0. The molecule has 2 aromatic carbocycles. The number of phenols is 1. The molecule has 0 aliphatic carbocycles. The molecule has 0 unspecified atom stereocenters. The molecule has 0 aliphatic heterocycles. The van der Waals surface area contributed by atoms with Crippen molar-refractivity contribution in [2.24, 2.45) is 5.10 Å². The van der Waals surface area contributed by atoms with Gasteiger partial charge in [0.25, 0.3) is 0 Å². The highest BCUT2D eigenvalue weighted by Gasteiger charge is 2.03. The third-order valence-electron chi connectivity index (χ3n) is 2.65. The molecule has 0 amide bonds. The minimum atomic E-state index is 0.192. The lowest BCUT2D eigenvalue weighted by Gasteiger charge is -2.08. The number of phenolic OH excluding ortho intramolecular Hbond substituents is 1. The third kappa shape index (κ3) is 3.80. The Morgan fingerprint density at radius 1 is 1.05 bits per heavy atom. The van der Waals surface area contributed by atoms with Gasteiger partial charge >= 0.3 is 0 Å². The Hall–Kier alpha value is -2.40. The van der Waals surface area contributed by atoms with E-state index in [1.807, 2.05) is 36.4 Å². The fraction of sp³-hybridized carbons (Fsp3) is 0.0667. The third-order valence-corrected chi connectivity index (χ3v) is 2.84. The molecule has 0 aliphatic rings. The molecule has 2 rings (SSSR count). The Labute approximate surface area is 123 Å². The van der Waals surface area contributed by atoms with Crippen LogP contribution in [0.2, 0.25) is 0 Å². The average molecular weight is 285 g/mol. The molecule has 5 heteroatoms. The fourth-order valence-electron chi connectivity index (χ4n) is 1.65. The summed E-state index contributed by atoms with van der Waals surface area (Å²) in [5.41, 5.74) is 4.97. The van der Waals surface area contributed by atoms with Crippen molar-refractivity contribution in [1.29, 1.82) is 0 Å². The number of hydrogen-bond acceptors (Lipinski definition) is 3. The van der Waals surface area contributed by atoms with E-state index in [9.17, 15) is 5.11 Å². The van der Waals surface area contributed by atoms with Gasteiger partial charge in [-0.1, -0.05) is 30.3 Å². The highest BCUT2D eigenvalue weighted by molar-refractivity contribution is 7.80. The van der Waals surface area contributed by atoms with Crippen LogP contribution in [0.25, 0.3) is 0 Å². The summed E-state index contributed by atoms with van der Waals surface area (Å²) in [6.45, 7) is 1.80. The lowest BCUT2D eigenvalue weighted by Crippen LogP contribution is -2.24. The number of hydrogen-bond donors (Lipinski definition) is 3. The van der Waals surface area contributed by atoms with E-state index in [2.05, 4.69) is 15.8 Å². The monoisotopic (exact) mass is 285 g/mol. The molecular formula is C15H15N3OS. The molecule has 0 heterocycles. The smallest absolute Gasteiger partial charge is 0.191 e. The highest BCUT2D eigenvalue weighted by Crippen LogP contribution is 2.16. The Kier molecular flexibility index (Phi) is 4.68. The first kappa shape index (κ1) is 14.0. The van der Waals surface area contributed by atoms with Crippen molar-refractivity contribution in [3.05, 3.63) is 60.2 Å². The minimum Gasteiger partial charge on any atom is -0.507 e. The normalized spacial score (nSPS) is 10.9. The van der Waals surface area contributed by atoms with Gasteiger partial charge in [-0.05, 0) is 43.4 Å². The number of hydrazone groups is 1. The van der Waals surface area contributed by atoms with Crippen molar-refractivity contribution in [3.63, 3.8) is 0 Å². The number of para-hydroxylation sites is 2. The Balaban J connectivity index is 1.99. The topological polar surface area (TPSA) is 56.7 Å². The molecule has 3 N–H and O–H groups in total. The van der Waals surface area contributed by atoms with Gasteiger partial charge in [-0.3, -0.25) is 5.43 Å². The summed E-state index contributed by atoms with van der Waals surface area (Å²) in [6, 6.07) is 16.6. The summed E-state index contributed by atoms with van der Waals surface area (Å²) in [5, 5.41) is 17.3. The molecule has 102 valence electrons. The first-order chi connectivity index (χ1) is 9.66. The molecule has 0 spiro atoms. The predicted molar refractivity (Wildman–Crippen MR) is 86.1 cm³/mol. The molecule has 0 saturated heterocycles. The van der Waals surface area contributed by atoms with Crippen molar-refractivity contribution in [2.75, 3.05) is 5.32 Å². The van der Waals surface area contributed by atoms with Crippen molar-refractivity contribution < 1.29 is 5.11 Å². The maximum atomic E-state index is 9.72. The Bertz CT molecular complexity index is 626. The molecular weight excluding hydrogens is 270 g/mol. The van der Waals surface area contributed by atoms with Gasteiger partial charge in [0.15, 0.2) is 5.11 Å². The number of anilines is 1. The van der Waals surface area contributed by atoms with Gasteiger partial charge in [0, 0.05) is 11.3 Å². The van der Waals surface area contributed by atoms with Crippen LogP contribution >= 0.6 is 12.2 Å². The van der Waals surface area contributed by atoms with E-state index in [4.69, 9.17) is 12.2 Å². The molecule has 0 atom stereocenters. The van der Waals surface area contributed by atoms with Crippen LogP contribution in [0.1, 0.15) is 12.5 Å².